The maximum absolute atomic E-state index is 12.2. The van der Waals surface area contributed by atoms with E-state index in [0.717, 1.165) is 31.5 Å². The molecule has 1 saturated heterocycles. The normalized spacial score (nSPS) is 25.6. The van der Waals surface area contributed by atoms with E-state index in [1.54, 1.807) is 10.9 Å². The molecule has 1 atom stereocenters. The zero-order valence-corrected chi connectivity index (χ0v) is 9.99. The average Bonchev–Trinajstić information content (AvgIpc) is 2.65. The van der Waals surface area contributed by atoms with Gasteiger partial charge in [-0.3, -0.25) is 9.48 Å². The first-order valence-corrected chi connectivity index (χ1v) is 5.82. The van der Waals surface area contributed by atoms with Crippen LogP contribution < -0.4 is 5.32 Å². The fourth-order valence-electron chi connectivity index (χ4n) is 2.26. The number of carbonyl (C=O) groups is 1. The Bertz CT molecular complexity index is 377. The second kappa shape index (κ2) is 4.37. The number of rotatable bonds is 3. The number of aromatic nitrogens is 2. The van der Waals surface area contributed by atoms with E-state index in [1.165, 1.54) is 0 Å². The zero-order valence-electron chi connectivity index (χ0n) is 9.99. The smallest absolute Gasteiger partial charge is 0.144 e. The quantitative estimate of drug-likeness (QED) is 0.825. The van der Waals surface area contributed by atoms with Gasteiger partial charge in [0.25, 0.3) is 0 Å². The number of nitrogens with one attached hydrogen (secondary N) is 1. The van der Waals surface area contributed by atoms with E-state index < -0.39 is 0 Å². The first kappa shape index (κ1) is 11.3. The lowest BCUT2D eigenvalue weighted by Crippen LogP contribution is -2.44. The van der Waals surface area contributed by atoms with Gasteiger partial charge in [0.15, 0.2) is 0 Å². The molecule has 0 radical (unpaired) electrons. The van der Waals surface area contributed by atoms with E-state index in [2.05, 4.69) is 17.3 Å². The summed E-state index contributed by atoms with van der Waals surface area (Å²) in [4.78, 5) is 12.2. The maximum Gasteiger partial charge on any atom is 0.144 e. The first-order chi connectivity index (χ1) is 7.60. The summed E-state index contributed by atoms with van der Waals surface area (Å²) in [5.74, 6) is 0.327. The number of piperidine rings is 1. The second-order valence-electron chi connectivity index (χ2n) is 4.96. The lowest BCUT2D eigenvalue weighted by molar-refractivity contribution is -0.128. The molecular formula is C12H19N3O. The molecular weight excluding hydrogens is 202 g/mol. The Hall–Kier alpha value is -1.16. The van der Waals surface area contributed by atoms with Gasteiger partial charge in [-0.1, -0.05) is 6.92 Å². The first-order valence-electron chi connectivity index (χ1n) is 5.82. The largest absolute Gasteiger partial charge is 0.316 e. The van der Waals surface area contributed by atoms with Crippen molar-refractivity contribution in [1.82, 2.24) is 15.1 Å². The number of hydrogen-bond donors (Lipinski definition) is 1. The molecule has 16 heavy (non-hydrogen) atoms. The molecule has 1 N–H and O–H groups in total. The van der Waals surface area contributed by atoms with Crippen molar-refractivity contribution in [2.75, 3.05) is 13.1 Å². The fraction of sp³-hybridized carbons (Fsp3) is 0.667. The number of nitrogens with zero attached hydrogens (tertiary/aromatic N) is 2. The van der Waals surface area contributed by atoms with E-state index in [9.17, 15) is 4.79 Å². The molecule has 1 unspecified atom stereocenters. The Labute approximate surface area is 96.0 Å². The van der Waals surface area contributed by atoms with Crippen LogP contribution >= 0.6 is 0 Å². The predicted molar refractivity (Wildman–Crippen MR) is 62.1 cm³/mol. The molecule has 1 aromatic heterocycles. The van der Waals surface area contributed by atoms with E-state index >= 15 is 0 Å². The number of carbonyl (C=O) groups excluding carboxylic acids is 1. The van der Waals surface area contributed by atoms with Crippen molar-refractivity contribution < 1.29 is 4.79 Å². The van der Waals surface area contributed by atoms with Crippen molar-refractivity contribution in [3.63, 3.8) is 0 Å². The third kappa shape index (κ3) is 2.32. The van der Waals surface area contributed by atoms with Crippen LogP contribution in [-0.2, 0) is 18.3 Å². The second-order valence-corrected chi connectivity index (χ2v) is 4.96. The van der Waals surface area contributed by atoms with Gasteiger partial charge < -0.3 is 5.32 Å². The fourth-order valence-corrected chi connectivity index (χ4v) is 2.26. The van der Waals surface area contributed by atoms with Crippen LogP contribution in [0.1, 0.15) is 25.3 Å². The van der Waals surface area contributed by atoms with Crippen molar-refractivity contribution in [1.29, 1.82) is 0 Å². The van der Waals surface area contributed by atoms with Crippen LogP contribution in [-0.4, -0.2) is 28.7 Å². The summed E-state index contributed by atoms with van der Waals surface area (Å²) < 4.78 is 1.74. The SMILES string of the molecule is Cn1cc(CC(=O)C2(C)CCCNC2)cn1. The van der Waals surface area contributed by atoms with E-state index in [0.29, 0.717) is 12.2 Å². The minimum Gasteiger partial charge on any atom is -0.316 e. The van der Waals surface area contributed by atoms with E-state index in [-0.39, 0.29) is 5.41 Å². The minimum atomic E-state index is -0.186. The number of aryl methyl sites for hydroxylation is 1. The minimum absolute atomic E-state index is 0.186. The Morgan fingerprint density at radius 2 is 2.50 bits per heavy atom. The number of Topliss-reactive ketones (excluding diaryl/α,β-unsaturated/α-hetero) is 1. The van der Waals surface area contributed by atoms with Crippen LogP contribution in [0.5, 0.6) is 0 Å². The van der Waals surface area contributed by atoms with Crippen molar-refractivity contribution in [2.45, 2.75) is 26.2 Å². The maximum atomic E-state index is 12.2. The van der Waals surface area contributed by atoms with Gasteiger partial charge in [-0.15, -0.1) is 0 Å². The van der Waals surface area contributed by atoms with Crippen LogP contribution in [0, 0.1) is 5.41 Å². The number of hydrogen-bond acceptors (Lipinski definition) is 3. The van der Waals surface area contributed by atoms with Gasteiger partial charge in [-0.05, 0) is 24.9 Å². The molecule has 2 rings (SSSR count). The summed E-state index contributed by atoms with van der Waals surface area (Å²) >= 11 is 0. The molecule has 4 heteroatoms. The Morgan fingerprint density at radius 1 is 1.69 bits per heavy atom. The highest BCUT2D eigenvalue weighted by Crippen LogP contribution is 2.27. The summed E-state index contributed by atoms with van der Waals surface area (Å²) in [6, 6.07) is 0. The monoisotopic (exact) mass is 221 g/mol. The van der Waals surface area contributed by atoms with Crippen LogP contribution in [0.4, 0.5) is 0 Å². The Morgan fingerprint density at radius 3 is 3.06 bits per heavy atom. The topological polar surface area (TPSA) is 46.9 Å². The molecule has 88 valence electrons. The zero-order chi connectivity index (χ0) is 11.6. The summed E-state index contributed by atoms with van der Waals surface area (Å²) in [6.07, 6.45) is 6.29. The van der Waals surface area contributed by atoms with Crippen LogP contribution in [0.2, 0.25) is 0 Å². The van der Waals surface area contributed by atoms with E-state index in [4.69, 9.17) is 0 Å². The van der Waals surface area contributed by atoms with Crippen molar-refractivity contribution in [3.05, 3.63) is 18.0 Å². The highest BCUT2D eigenvalue weighted by Gasteiger charge is 2.34. The lowest BCUT2D eigenvalue weighted by Gasteiger charge is -2.32. The van der Waals surface area contributed by atoms with Crippen molar-refractivity contribution in [3.8, 4) is 0 Å². The van der Waals surface area contributed by atoms with Gasteiger partial charge in [0.2, 0.25) is 0 Å². The van der Waals surface area contributed by atoms with Gasteiger partial charge in [0, 0.05) is 31.6 Å². The molecule has 4 nitrogen and oxygen atoms in total. The molecule has 1 aliphatic rings. The van der Waals surface area contributed by atoms with E-state index in [1.807, 2.05) is 13.2 Å². The summed E-state index contributed by atoms with van der Waals surface area (Å²) in [7, 11) is 1.87. The molecule has 0 aromatic carbocycles. The van der Waals surface area contributed by atoms with Gasteiger partial charge in [0.1, 0.15) is 5.78 Å². The molecule has 0 aliphatic carbocycles. The molecule has 0 amide bonds. The van der Waals surface area contributed by atoms with Crippen molar-refractivity contribution in [2.24, 2.45) is 12.5 Å². The molecule has 0 bridgehead atoms. The standard InChI is InChI=1S/C12H19N3O/c1-12(4-3-5-13-9-12)11(16)6-10-7-14-15(2)8-10/h7-8,13H,3-6,9H2,1-2H3. The third-order valence-corrected chi connectivity index (χ3v) is 3.39. The van der Waals surface area contributed by atoms with Crippen LogP contribution in [0.3, 0.4) is 0 Å². The Balaban J connectivity index is 2.01. The Kier molecular flexibility index (Phi) is 3.10. The van der Waals surface area contributed by atoms with Crippen LogP contribution in [0.25, 0.3) is 0 Å². The summed E-state index contributed by atoms with van der Waals surface area (Å²) in [5, 5.41) is 7.39. The summed E-state index contributed by atoms with van der Waals surface area (Å²) in [5.41, 5.74) is 0.827. The molecule has 0 spiro atoms. The highest BCUT2D eigenvalue weighted by atomic mass is 16.1. The molecule has 2 heterocycles. The average molecular weight is 221 g/mol. The van der Waals surface area contributed by atoms with Gasteiger partial charge in [0.05, 0.1) is 6.20 Å². The molecule has 1 aromatic rings. The highest BCUT2D eigenvalue weighted by molar-refractivity contribution is 5.86. The van der Waals surface area contributed by atoms with Gasteiger partial charge in [-0.25, -0.2) is 0 Å². The molecule has 1 aliphatic heterocycles. The lowest BCUT2D eigenvalue weighted by atomic mass is 9.77. The summed E-state index contributed by atoms with van der Waals surface area (Å²) in [6.45, 7) is 3.92. The van der Waals surface area contributed by atoms with Crippen LogP contribution in [0.15, 0.2) is 12.4 Å². The molecule has 1 fully saturated rings. The number of ketones is 1. The third-order valence-electron chi connectivity index (χ3n) is 3.39. The van der Waals surface area contributed by atoms with Gasteiger partial charge >= 0.3 is 0 Å². The van der Waals surface area contributed by atoms with Gasteiger partial charge in [-0.2, -0.15) is 5.10 Å². The van der Waals surface area contributed by atoms with Crippen molar-refractivity contribution >= 4 is 5.78 Å². The predicted octanol–water partition coefficient (Wildman–Crippen LogP) is 0.921. The molecule has 0 saturated carbocycles.